The van der Waals surface area contributed by atoms with Gasteiger partial charge in [0, 0.05) is 7.05 Å². The highest BCUT2D eigenvalue weighted by Gasteiger charge is 2.34. The number of terminal acetylenes is 1. The van der Waals surface area contributed by atoms with Crippen molar-refractivity contribution in [2.45, 2.75) is 38.1 Å². The van der Waals surface area contributed by atoms with Gasteiger partial charge in [-0.15, -0.1) is 6.42 Å². The number of carbonyl (C=O) groups excluding carboxylic acids is 1. The zero-order valence-corrected chi connectivity index (χ0v) is 12.2. The van der Waals surface area contributed by atoms with Crippen LogP contribution in [0.15, 0.2) is 4.47 Å². The van der Waals surface area contributed by atoms with Gasteiger partial charge in [-0.05, 0) is 48.5 Å². The molecule has 0 spiro atoms. The van der Waals surface area contributed by atoms with E-state index in [0.717, 1.165) is 35.8 Å². The molecule has 1 aromatic rings. The average Bonchev–Trinajstić information content (AvgIpc) is 2.86. The number of amides is 1. The van der Waals surface area contributed by atoms with Crippen LogP contribution in [-0.4, -0.2) is 21.2 Å². The van der Waals surface area contributed by atoms with E-state index < -0.39 is 5.54 Å². The molecule has 1 N–H and O–H groups in total. The smallest absolute Gasteiger partial charge is 0.271 e. The quantitative estimate of drug-likeness (QED) is 0.851. The average molecular weight is 310 g/mol. The lowest BCUT2D eigenvalue weighted by atomic mass is 9.99. The highest BCUT2D eigenvalue weighted by molar-refractivity contribution is 9.10. The Bertz CT molecular complexity index is 521. The molecule has 1 fully saturated rings. The van der Waals surface area contributed by atoms with E-state index in [0.29, 0.717) is 5.69 Å². The zero-order valence-electron chi connectivity index (χ0n) is 10.6. The van der Waals surface area contributed by atoms with Crippen molar-refractivity contribution in [1.29, 1.82) is 0 Å². The molecule has 1 aliphatic rings. The van der Waals surface area contributed by atoms with Crippen LogP contribution < -0.4 is 5.32 Å². The zero-order chi connectivity index (χ0) is 13.3. The van der Waals surface area contributed by atoms with E-state index in [9.17, 15) is 4.79 Å². The first kappa shape index (κ1) is 13.2. The summed E-state index contributed by atoms with van der Waals surface area (Å²) in [5.74, 6) is 2.58. The van der Waals surface area contributed by atoms with Crippen molar-refractivity contribution in [3.8, 4) is 12.3 Å². The van der Waals surface area contributed by atoms with E-state index in [2.05, 4.69) is 32.3 Å². The van der Waals surface area contributed by atoms with Crippen LogP contribution in [0.5, 0.6) is 0 Å². The standard InChI is InChI=1S/C13H16BrN3O/c1-4-13(7-5-6-8-13)15-12(18)11-10(14)9(2)16-17(11)3/h1H,5-8H2,2-3H3,(H,15,18). The number of rotatable bonds is 2. The number of nitrogens with one attached hydrogen (secondary N) is 1. The largest absolute Gasteiger partial charge is 0.334 e. The van der Waals surface area contributed by atoms with Crippen LogP contribution >= 0.6 is 15.9 Å². The third kappa shape index (κ3) is 2.17. The summed E-state index contributed by atoms with van der Waals surface area (Å²) in [5.41, 5.74) is 0.840. The van der Waals surface area contributed by atoms with E-state index in [4.69, 9.17) is 6.42 Å². The molecule has 0 aliphatic heterocycles. The SMILES string of the molecule is C#CC1(NC(=O)c2c(Br)c(C)nn2C)CCCC1. The molecule has 1 heterocycles. The van der Waals surface area contributed by atoms with Gasteiger partial charge in [0.05, 0.1) is 10.2 Å². The molecular formula is C13H16BrN3O. The molecule has 0 bridgehead atoms. The molecule has 0 unspecified atom stereocenters. The number of halogens is 1. The Labute approximate surface area is 115 Å². The third-order valence-electron chi connectivity index (χ3n) is 3.45. The van der Waals surface area contributed by atoms with E-state index in [1.165, 1.54) is 0 Å². The normalized spacial score (nSPS) is 17.4. The lowest BCUT2D eigenvalue weighted by Crippen LogP contribution is -2.45. The summed E-state index contributed by atoms with van der Waals surface area (Å²) in [6.07, 6.45) is 9.41. The molecule has 18 heavy (non-hydrogen) atoms. The van der Waals surface area contributed by atoms with Crippen molar-refractivity contribution in [2.24, 2.45) is 7.05 Å². The molecule has 0 saturated heterocycles. The van der Waals surface area contributed by atoms with Gasteiger partial charge >= 0.3 is 0 Å². The second-order valence-corrected chi connectivity index (χ2v) is 5.55. The summed E-state index contributed by atoms with van der Waals surface area (Å²) in [6.45, 7) is 1.85. The van der Waals surface area contributed by atoms with Gasteiger partial charge in [-0.25, -0.2) is 0 Å². The number of aryl methyl sites for hydroxylation is 2. The van der Waals surface area contributed by atoms with Gasteiger partial charge in [0.15, 0.2) is 0 Å². The molecule has 1 saturated carbocycles. The maximum Gasteiger partial charge on any atom is 0.271 e. The Hall–Kier alpha value is -1.28. The molecule has 1 aromatic heterocycles. The van der Waals surface area contributed by atoms with Crippen molar-refractivity contribution in [1.82, 2.24) is 15.1 Å². The monoisotopic (exact) mass is 309 g/mol. The number of nitrogens with zero attached hydrogens (tertiary/aromatic N) is 2. The van der Waals surface area contributed by atoms with E-state index in [-0.39, 0.29) is 5.91 Å². The van der Waals surface area contributed by atoms with Gasteiger partial charge in [0.25, 0.3) is 5.91 Å². The van der Waals surface area contributed by atoms with Gasteiger partial charge in [-0.1, -0.05) is 5.92 Å². The van der Waals surface area contributed by atoms with E-state index >= 15 is 0 Å². The Morgan fingerprint density at radius 3 is 2.61 bits per heavy atom. The first-order chi connectivity index (χ1) is 8.49. The molecule has 1 aliphatic carbocycles. The molecular weight excluding hydrogens is 294 g/mol. The minimum Gasteiger partial charge on any atom is -0.334 e. The van der Waals surface area contributed by atoms with Crippen LogP contribution in [0.25, 0.3) is 0 Å². The first-order valence-corrected chi connectivity index (χ1v) is 6.78. The number of hydrogen-bond donors (Lipinski definition) is 1. The molecule has 0 atom stereocenters. The van der Waals surface area contributed by atoms with Crippen LogP contribution in [-0.2, 0) is 7.05 Å². The van der Waals surface area contributed by atoms with Gasteiger partial charge < -0.3 is 5.32 Å². The molecule has 1 amide bonds. The molecule has 2 rings (SSSR count). The summed E-state index contributed by atoms with van der Waals surface area (Å²) in [6, 6.07) is 0. The maximum atomic E-state index is 12.3. The minimum atomic E-state index is -0.477. The van der Waals surface area contributed by atoms with Crippen LogP contribution in [0.3, 0.4) is 0 Å². The number of hydrogen-bond acceptors (Lipinski definition) is 2. The summed E-state index contributed by atoms with van der Waals surface area (Å²) < 4.78 is 2.31. The molecule has 4 nitrogen and oxygen atoms in total. The molecule has 0 radical (unpaired) electrons. The lowest BCUT2D eigenvalue weighted by Gasteiger charge is -2.24. The fourth-order valence-corrected chi connectivity index (χ4v) is 2.96. The summed E-state index contributed by atoms with van der Waals surface area (Å²) >= 11 is 3.39. The highest BCUT2D eigenvalue weighted by Crippen LogP contribution is 2.30. The predicted octanol–water partition coefficient (Wildman–Crippen LogP) is 2.17. The molecule has 5 heteroatoms. The second-order valence-electron chi connectivity index (χ2n) is 4.76. The van der Waals surface area contributed by atoms with Crippen LogP contribution in [0.2, 0.25) is 0 Å². The van der Waals surface area contributed by atoms with Crippen molar-refractivity contribution in [3.05, 3.63) is 15.9 Å². The van der Waals surface area contributed by atoms with Crippen molar-refractivity contribution in [3.63, 3.8) is 0 Å². The van der Waals surface area contributed by atoms with Gasteiger partial charge in [0.2, 0.25) is 0 Å². The highest BCUT2D eigenvalue weighted by atomic mass is 79.9. The summed E-state index contributed by atoms with van der Waals surface area (Å²) in [4.78, 5) is 12.3. The second kappa shape index (κ2) is 4.77. The van der Waals surface area contributed by atoms with E-state index in [1.807, 2.05) is 6.92 Å². The van der Waals surface area contributed by atoms with Crippen LogP contribution in [0, 0.1) is 19.3 Å². The topological polar surface area (TPSA) is 46.9 Å². The maximum absolute atomic E-state index is 12.3. The number of aromatic nitrogens is 2. The Morgan fingerprint density at radius 1 is 1.56 bits per heavy atom. The van der Waals surface area contributed by atoms with Crippen LogP contribution in [0.4, 0.5) is 0 Å². The Morgan fingerprint density at radius 2 is 2.17 bits per heavy atom. The lowest BCUT2D eigenvalue weighted by molar-refractivity contribution is 0.0911. The Kier molecular flexibility index (Phi) is 3.49. The van der Waals surface area contributed by atoms with Gasteiger partial charge in [-0.3, -0.25) is 9.48 Å². The van der Waals surface area contributed by atoms with Crippen LogP contribution in [0.1, 0.15) is 41.9 Å². The summed E-state index contributed by atoms with van der Waals surface area (Å²) in [7, 11) is 1.75. The van der Waals surface area contributed by atoms with Crippen molar-refractivity contribution in [2.75, 3.05) is 0 Å². The van der Waals surface area contributed by atoms with Crippen molar-refractivity contribution < 1.29 is 4.79 Å². The minimum absolute atomic E-state index is 0.162. The first-order valence-electron chi connectivity index (χ1n) is 5.98. The fourth-order valence-electron chi connectivity index (χ4n) is 2.44. The van der Waals surface area contributed by atoms with Gasteiger partial charge in [-0.2, -0.15) is 5.10 Å². The Balaban J connectivity index is 2.25. The molecule has 0 aromatic carbocycles. The number of carbonyl (C=O) groups is 1. The third-order valence-corrected chi connectivity index (χ3v) is 4.40. The van der Waals surface area contributed by atoms with E-state index in [1.54, 1.807) is 11.7 Å². The fraction of sp³-hybridized carbons (Fsp3) is 0.538. The predicted molar refractivity (Wildman–Crippen MR) is 73.1 cm³/mol. The van der Waals surface area contributed by atoms with Gasteiger partial charge in [0.1, 0.15) is 11.2 Å². The molecule has 96 valence electrons. The summed E-state index contributed by atoms with van der Waals surface area (Å²) in [5, 5.41) is 7.20. The van der Waals surface area contributed by atoms with Crippen molar-refractivity contribution >= 4 is 21.8 Å².